The molecule has 0 saturated carbocycles. The van der Waals surface area contributed by atoms with Crippen molar-refractivity contribution in [1.29, 1.82) is 0 Å². The predicted octanol–water partition coefficient (Wildman–Crippen LogP) is 2.71. The second kappa shape index (κ2) is 8.41. The number of amides is 1. The fraction of sp³-hybridized carbons (Fsp3) is 0.529. The van der Waals surface area contributed by atoms with E-state index in [9.17, 15) is 14.7 Å². The average molecular weight is 323 g/mol. The summed E-state index contributed by atoms with van der Waals surface area (Å²) in [6.45, 7) is 6.06. The van der Waals surface area contributed by atoms with Crippen molar-refractivity contribution in [3.05, 3.63) is 23.8 Å². The van der Waals surface area contributed by atoms with E-state index >= 15 is 0 Å². The Hall–Kier alpha value is -2.24. The summed E-state index contributed by atoms with van der Waals surface area (Å²) in [4.78, 5) is 23.7. The first-order chi connectivity index (χ1) is 10.9. The summed E-state index contributed by atoms with van der Waals surface area (Å²) in [7, 11) is 1.50. The quantitative estimate of drug-likeness (QED) is 0.730. The molecule has 0 bridgehead atoms. The first-order valence-electron chi connectivity index (χ1n) is 7.76. The zero-order valence-electron chi connectivity index (χ0n) is 14.1. The van der Waals surface area contributed by atoms with Crippen molar-refractivity contribution >= 4 is 11.9 Å². The number of aliphatic carboxylic acids is 1. The molecular weight excluding hydrogens is 298 g/mol. The second-order valence-corrected chi connectivity index (χ2v) is 5.27. The summed E-state index contributed by atoms with van der Waals surface area (Å²) >= 11 is 0. The van der Waals surface area contributed by atoms with Gasteiger partial charge >= 0.3 is 5.97 Å². The molecule has 0 spiro atoms. The molecule has 0 aliphatic heterocycles. The van der Waals surface area contributed by atoms with Crippen molar-refractivity contribution in [3.8, 4) is 11.5 Å². The van der Waals surface area contributed by atoms with Crippen LogP contribution in [0.3, 0.4) is 0 Å². The Balaban J connectivity index is 2.88. The highest BCUT2D eigenvalue weighted by atomic mass is 16.5. The molecule has 0 radical (unpaired) electrons. The van der Waals surface area contributed by atoms with E-state index in [1.165, 1.54) is 7.11 Å². The van der Waals surface area contributed by atoms with Crippen LogP contribution in [-0.2, 0) is 4.79 Å². The van der Waals surface area contributed by atoms with E-state index in [1.807, 2.05) is 20.8 Å². The molecule has 1 aromatic rings. The highest BCUT2D eigenvalue weighted by Crippen LogP contribution is 2.29. The van der Waals surface area contributed by atoms with Gasteiger partial charge in [0, 0.05) is 12.1 Å². The first-order valence-corrected chi connectivity index (χ1v) is 7.76. The Bertz CT molecular complexity index is 552. The van der Waals surface area contributed by atoms with Crippen molar-refractivity contribution in [1.82, 2.24) is 5.32 Å². The second-order valence-electron chi connectivity index (χ2n) is 5.27. The third kappa shape index (κ3) is 4.37. The zero-order valence-corrected chi connectivity index (χ0v) is 14.1. The minimum Gasteiger partial charge on any atom is -0.493 e. The molecule has 0 atom stereocenters. The van der Waals surface area contributed by atoms with Crippen molar-refractivity contribution in [2.45, 2.75) is 33.6 Å². The maximum Gasteiger partial charge on any atom is 0.311 e. The highest BCUT2D eigenvalue weighted by molar-refractivity contribution is 5.95. The molecule has 0 fully saturated rings. The van der Waals surface area contributed by atoms with Gasteiger partial charge in [0.1, 0.15) is 0 Å². The van der Waals surface area contributed by atoms with Crippen molar-refractivity contribution in [3.63, 3.8) is 0 Å². The van der Waals surface area contributed by atoms with Crippen LogP contribution in [0.4, 0.5) is 0 Å². The van der Waals surface area contributed by atoms with Crippen molar-refractivity contribution in [2.75, 3.05) is 20.3 Å². The summed E-state index contributed by atoms with van der Waals surface area (Å²) in [5, 5.41) is 12.1. The molecule has 1 aromatic carbocycles. The molecule has 128 valence electrons. The largest absolute Gasteiger partial charge is 0.493 e. The molecule has 0 aromatic heterocycles. The SMILES string of the molecule is CCOc1ccc(C(=O)NCC(CC)(CC)C(=O)O)cc1OC. The monoisotopic (exact) mass is 323 g/mol. The number of ether oxygens (including phenoxy) is 2. The van der Waals surface area contributed by atoms with Gasteiger partial charge in [0.05, 0.1) is 19.1 Å². The number of benzene rings is 1. The van der Waals surface area contributed by atoms with Crippen LogP contribution < -0.4 is 14.8 Å². The van der Waals surface area contributed by atoms with E-state index in [-0.39, 0.29) is 12.5 Å². The van der Waals surface area contributed by atoms with Gasteiger partial charge in [-0.2, -0.15) is 0 Å². The third-order valence-corrected chi connectivity index (χ3v) is 4.12. The van der Waals surface area contributed by atoms with Gasteiger partial charge in [-0.1, -0.05) is 13.8 Å². The van der Waals surface area contributed by atoms with Gasteiger partial charge in [0.15, 0.2) is 11.5 Å². The summed E-state index contributed by atoms with van der Waals surface area (Å²) in [6, 6.07) is 4.88. The maximum absolute atomic E-state index is 12.3. The Morgan fingerprint density at radius 1 is 1.17 bits per heavy atom. The van der Waals surface area contributed by atoms with Crippen LogP contribution in [0.25, 0.3) is 0 Å². The lowest BCUT2D eigenvalue weighted by molar-refractivity contribution is -0.149. The maximum atomic E-state index is 12.3. The van der Waals surface area contributed by atoms with Crippen LogP contribution in [0.5, 0.6) is 11.5 Å². The van der Waals surface area contributed by atoms with Gasteiger partial charge in [-0.3, -0.25) is 9.59 Å². The molecule has 6 nitrogen and oxygen atoms in total. The lowest BCUT2D eigenvalue weighted by Crippen LogP contribution is -2.42. The molecule has 0 aliphatic carbocycles. The summed E-state index contributed by atoms with van der Waals surface area (Å²) in [5.41, 5.74) is -0.540. The topological polar surface area (TPSA) is 84.9 Å². The smallest absolute Gasteiger partial charge is 0.311 e. The fourth-order valence-corrected chi connectivity index (χ4v) is 2.31. The molecule has 0 unspecified atom stereocenters. The number of carboxylic acids is 1. The molecule has 0 heterocycles. The van der Waals surface area contributed by atoms with Crippen LogP contribution in [-0.4, -0.2) is 37.2 Å². The van der Waals surface area contributed by atoms with Crippen molar-refractivity contribution < 1.29 is 24.2 Å². The molecular formula is C17H25NO5. The van der Waals surface area contributed by atoms with Crippen LogP contribution >= 0.6 is 0 Å². The van der Waals surface area contributed by atoms with E-state index < -0.39 is 11.4 Å². The van der Waals surface area contributed by atoms with Gasteiger partial charge in [-0.05, 0) is 38.0 Å². The summed E-state index contributed by atoms with van der Waals surface area (Å²) in [6.07, 6.45) is 0.900. The normalized spacial score (nSPS) is 11.0. The Labute approximate surface area is 136 Å². The molecule has 0 aliphatic rings. The minimum atomic E-state index is -0.939. The summed E-state index contributed by atoms with van der Waals surface area (Å²) < 4.78 is 10.6. The lowest BCUT2D eigenvalue weighted by Gasteiger charge is -2.26. The Kier molecular flexibility index (Phi) is 6.88. The van der Waals surface area contributed by atoms with Crippen LogP contribution in [0.2, 0.25) is 0 Å². The summed E-state index contributed by atoms with van der Waals surface area (Å²) in [5.74, 6) is -0.200. The molecule has 6 heteroatoms. The number of methoxy groups -OCH3 is 1. The van der Waals surface area contributed by atoms with Gasteiger partial charge in [-0.25, -0.2) is 0 Å². The highest BCUT2D eigenvalue weighted by Gasteiger charge is 2.35. The van der Waals surface area contributed by atoms with E-state index in [4.69, 9.17) is 9.47 Å². The Morgan fingerprint density at radius 3 is 2.30 bits per heavy atom. The Morgan fingerprint density at radius 2 is 1.83 bits per heavy atom. The standard InChI is InChI=1S/C17H25NO5/c1-5-17(6-2,16(20)21)11-18-15(19)12-8-9-13(23-7-3)14(10-12)22-4/h8-10H,5-7,11H2,1-4H3,(H,18,19)(H,20,21). The number of nitrogens with one attached hydrogen (secondary N) is 1. The number of rotatable bonds is 9. The number of carbonyl (C=O) groups is 2. The molecule has 1 rings (SSSR count). The molecule has 2 N–H and O–H groups in total. The zero-order chi connectivity index (χ0) is 17.5. The minimum absolute atomic E-state index is 0.0870. The van der Waals surface area contributed by atoms with E-state index in [0.29, 0.717) is 36.5 Å². The van der Waals surface area contributed by atoms with Gasteiger partial charge in [-0.15, -0.1) is 0 Å². The number of carbonyl (C=O) groups excluding carboxylic acids is 1. The van der Waals surface area contributed by atoms with E-state index in [2.05, 4.69) is 5.32 Å². The third-order valence-electron chi connectivity index (χ3n) is 4.12. The number of hydrogen-bond acceptors (Lipinski definition) is 4. The molecule has 1 amide bonds. The van der Waals surface area contributed by atoms with Gasteiger partial charge < -0.3 is 19.9 Å². The first kappa shape index (κ1) is 18.8. The van der Waals surface area contributed by atoms with Gasteiger partial charge in [0.2, 0.25) is 0 Å². The fourth-order valence-electron chi connectivity index (χ4n) is 2.31. The number of hydrogen-bond donors (Lipinski definition) is 2. The van der Waals surface area contributed by atoms with E-state index in [1.54, 1.807) is 18.2 Å². The van der Waals surface area contributed by atoms with Crippen molar-refractivity contribution in [2.24, 2.45) is 5.41 Å². The van der Waals surface area contributed by atoms with E-state index in [0.717, 1.165) is 0 Å². The number of carboxylic acid groups (broad SMARTS) is 1. The van der Waals surface area contributed by atoms with Crippen LogP contribution in [0.1, 0.15) is 44.0 Å². The van der Waals surface area contributed by atoms with Crippen LogP contribution in [0, 0.1) is 5.41 Å². The lowest BCUT2D eigenvalue weighted by atomic mass is 9.82. The van der Waals surface area contributed by atoms with Crippen LogP contribution in [0.15, 0.2) is 18.2 Å². The average Bonchev–Trinajstić information content (AvgIpc) is 2.56. The molecule has 0 saturated heterocycles. The van der Waals surface area contributed by atoms with Gasteiger partial charge in [0.25, 0.3) is 5.91 Å². The predicted molar refractivity (Wildman–Crippen MR) is 87.1 cm³/mol. The molecule has 23 heavy (non-hydrogen) atoms.